The first-order chi connectivity index (χ1) is 12.6. The fraction of sp³-hybridized carbons (Fsp3) is 0.222. The van der Waals surface area contributed by atoms with Gasteiger partial charge >= 0.3 is 5.97 Å². The first-order valence-electron chi connectivity index (χ1n) is 7.97. The number of esters is 1. The van der Waals surface area contributed by atoms with Gasteiger partial charge in [0.2, 0.25) is 0 Å². The number of ether oxygens (including phenoxy) is 2. The molecular weight excluding hydrogens is 354 g/mol. The molecule has 1 N–H and O–H groups in total. The van der Waals surface area contributed by atoms with E-state index in [9.17, 15) is 9.59 Å². The predicted octanol–water partition coefficient (Wildman–Crippen LogP) is 3.27. The van der Waals surface area contributed by atoms with Crippen LogP contribution in [0.4, 0.5) is 5.13 Å². The molecule has 0 aliphatic rings. The molecule has 0 saturated carbocycles. The first kappa shape index (κ1) is 17.8. The van der Waals surface area contributed by atoms with Crippen molar-refractivity contribution in [1.82, 2.24) is 9.97 Å². The Morgan fingerprint density at radius 2 is 2.15 bits per heavy atom. The molecule has 1 unspecified atom stereocenters. The zero-order valence-electron chi connectivity index (χ0n) is 14.3. The van der Waals surface area contributed by atoms with Crippen LogP contribution in [0.3, 0.4) is 0 Å². The molecule has 0 fully saturated rings. The van der Waals surface area contributed by atoms with Crippen molar-refractivity contribution in [3.8, 4) is 5.75 Å². The molecule has 2 heterocycles. The van der Waals surface area contributed by atoms with Crippen LogP contribution in [-0.4, -0.2) is 35.1 Å². The summed E-state index contributed by atoms with van der Waals surface area (Å²) in [7, 11) is 1.59. The van der Waals surface area contributed by atoms with E-state index >= 15 is 0 Å². The molecule has 1 amide bonds. The number of nitrogens with one attached hydrogen (secondary N) is 1. The Bertz CT molecular complexity index is 927. The van der Waals surface area contributed by atoms with E-state index in [1.807, 2.05) is 12.1 Å². The van der Waals surface area contributed by atoms with Gasteiger partial charge in [-0.2, -0.15) is 0 Å². The minimum Gasteiger partial charge on any atom is -0.497 e. The van der Waals surface area contributed by atoms with Gasteiger partial charge in [0, 0.05) is 12.4 Å². The zero-order valence-corrected chi connectivity index (χ0v) is 15.1. The van der Waals surface area contributed by atoms with E-state index in [2.05, 4.69) is 15.3 Å². The number of hydrogen-bond donors (Lipinski definition) is 1. The molecule has 3 rings (SSSR count). The number of pyridine rings is 1. The lowest BCUT2D eigenvalue weighted by Gasteiger charge is -2.14. The number of aromatic nitrogens is 2. The highest BCUT2D eigenvalue weighted by Crippen LogP contribution is 2.29. The van der Waals surface area contributed by atoms with E-state index in [0.717, 1.165) is 16.0 Å². The van der Waals surface area contributed by atoms with Gasteiger partial charge in [0.15, 0.2) is 11.2 Å². The number of fused-ring (bicyclic) bond motifs is 1. The number of benzene rings is 1. The van der Waals surface area contributed by atoms with Crippen molar-refractivity contribution in [2.24, 2.45) is 0 Å². The average molecular weight is 371 g/mol. The normalized spacial score (nSPS) is 11.8. The minimum atomic E-state index is -0.913. The Labute approximate surface area is 154 Å². The van der Waals surface area contributed by atoms with E-state index in [4.69, 9.17) is 9.47 Å². The zero-order chi connectivity index (χ0) is 18.5. The molecule has 26 heavy (non-hydrogen) atoms. The molecule has 1 atom stereocenters. The van der Waals surface area contributed by atoms with E-state index in [0.29, 0.717) is 17.1 Å². The molecule has 8 heteroatoms. The number of anilines is 1. The van der Waals surface area contributed by atoms with Gasteiger partial charge in [-0.3, -0.25) is 15.1 Å². The molecule has 7 nitrogen and oxygen atoms in total. The van der Waals surface area contributed by atoms with Crippen molar-refractivity contribution < 1.29 is 19.1 Å². The number of carbonyl (C=O) groups excluding carboxylic acids is 2. The summed E-state index contributed by atoms with van der Waals surface area (Å²) in [6.07, 6.45) is 2.39. The van der Waals surface area contributed by atoms with E-state index < -0.39 is 18.0 Å². The number of thiazole rings is 1. The number of amides is 1. The fourth-order valence-corrected chi connectivity index (χ4v) is 3.17. The highest BCUT2D eigenvalue weighted by molar-refractivity contribution is 7.22. The maximum Gasteiger partial charge on any atom is 0.340 e. The van der Waals surface area contributed by atoms with Crippen molar-refractivity contribution in [3.63, 3.8) is 0 Å². The molecule has 0 spiro atoms. The van der Waals surface area contributed by atoms with Crippen LogP contribution in [0, 0.1) is 0 Å². The van der Waals surface area contributed by atoms with Crippen molar-refractivity contribution in [1.29, 1.82) is 0 Å². The summed E-state index contributed by atoms with van der Waals surface area (Å²) in [6.45, 7) is 1.77. The van der Waals surface area contributed by atoms with Crippen LogP contribution in [-0.2, 0) is 9.53 Å². The fourth-order valence-electron chi connectivity index (χ4n) is 2.27. The highest BCUT2D eigenvalue weighted by Gasteiger charge is 2.23. The monoisotopic (exact) mass is 371 g/mol. The maximum atomic E-state index is 12.4. The second-order valence-corrected chi connectivity index (χ2v) is 6.42. The van der Waals surface area contributed by atoms with Gasteiger partial charge in [0.25, 0.3) is 5.91 Å². The largest absolute Gasteiger partial charge is 0.497 e. The Morgan fingerprint density at radius 3 is 2.85 bits per heavy atom. The van der Waals surface area contributed by atoms with Gasteiger partial charge in [-0.1, -0.05) is 18.3 Å². The third kappa shape index (κ3) is 3.97. The Morgan fingerprint density at radius 1 is 1.31 bits per heavy atom. The average Bonchev–Trinajstić information content (AvgIpc) is 3.07. The predicted molar refractivity (Wildman–Crippen MR) is 98.5 cm³/mol. The second-order valence-electron chi connectivity index (χ2n) is 5.39. The van der Waals surface area contributed by atoms with Crippen LogP contribution >= 0.6 is 11.3 Å². The highest BCUT2D eigenvalue weighted by atomic mass is 32.1. The van der Waals surface area contributed by atoms with Crippen molar-refractivity contribution in [2.75, 3.05) is 12.4 Å². The molecule has 2 aromatic heterocycles. The maximum absolute atomic E-state index is 12.4. The van der Waals surface area contributed by atoms with Crippen molar-refractivity contribution in [3.05, 3.63) is 48.3 Å². The molecule has 0 radical (unpaired) electrons. The standard InChI is InChI=1S/C18H17N3O4S/c1-3-14(25-17(23)11-5-4-8-19-10-11)16(22)21-18-20-13-7-6-12(24-2)9-15(13)26-18/h4-10,14H,3H2,1-2H3,(H,20,21,22). The molecule has 134 valence electrons. The summed E-state index contributed by atoms with van der Waals surface area (Å²) in [4.78, 5) is 32.8. The minimum absolute atomic E-state index is 0.297. The molecular formula is C18H17N3O4S. The Hall–Kier alpha value is -3.00. The lowest BCUT2D eigenvalue weighted by atomic mass is 10.2. The van der Waals surface area contributed by atoms with Crippen molar-refractivity contribution in [2.45, 2.75) is 19.4 Å². The lowest BCUT2D eigenvalue weighted by molar-refractivity contribution is -0.124. The number of rotatable bonds is 6. The SMILES string of the molecule is CCC(OC(=O)c1cccnc1)C(=O)Nc1nc2ccc(OC)cc2s1. The lowest BCUT2D eigenvalue weighted by Crippen LogP contribution is -2.32. The summed E-state index contributed by atoms with van der Waals surface area (Å²) in [5, 5.41) is 3.15. The van der Waals surface area contributed by atoms with Crippen LogP contribution in [0.2, 0.25) is 0 Å². The second kappa shape index (κ2) is 7.92. The number of methoxy groups -OCH3 is 1. The van der Waals surface area contributed by atoms with Gasteiger partial charge in [0.05, 0.1) is 22.9 Å². The van der Waals surface area contributed by atoms with E-state index in [1.165, 1.54) is 17.5 Å². The van der Waals surface area contributed by atoms with E-state index in [1.54, 1.807) is 38.4 Å². The molecule has 1 aromatic carbocycles. The molecule has 0 aliphatic carbocycles. The summed E-state index contributed by atoms with van der Waals surface area (Å²) in [5.74, 6) is -0.291. The molecule has 0 bridgehead atoms. The Balaban J connectivity index is 1.70. The van der Waals surface area contributed by atoms with Crippen LogP contribution in [0.5, 0.6) is 5.75 Å². The third-order valence-corrected chi connectivity index (χ3v) is 4.57. The molecule has 3 aromatic rings. The summed E-state index contributed by atoms with van der Waals surface area (Å²) >= 11 is 1.32. The van der Waals surface area contributed by atoms with Gasteiger partial charge < -0.3 is 9.47 Å². The third-order valence-electron chi connectivity index (χ3n) is 3.64. The number of nitrogens with zero attached hydrogens (tertiary/aromatic N) is 2. The van der Waals surface area contributed by atoms with Crippen LogP contribution < -0.4 is 10.1 Å². The first-order valence-corrected chi connectivity index (χ1v) is 8.78. The quantitative estimate of drug-likeness (QED) is 0.669. The van der Waals surface area contributed by atoms with Crippen LogP contribution in [0.1, 0.15) is 23.7 Å². The van der Waals surface area contributed by atoms with Crippen molar-refractivity contribution >= 4 is 38.6 Å². The summed E-state index contributed by atoms with van der Waals surface area (Å²) in [6, 6.07) is 8.69. The molecule has 0 aliphatic heterocycles. The molecule has 0 saturated heterocycles. The smallest absolute Gasteiger partial charge is 0.340 e. The number of hydrogen-bond acceptors (Lipinski definition) is 7. The summed E-state index contributed by atoms with van der Waals surface area (Å²) in [5.41, 5.74) is 1.05. The van der Waals surface area contributed by atoms with Gasteiger partial charge in [-0.15, -0.1) is 0 Å². The van der Waals surface area contributed by atoms with Gasteiger partial charge in [-0.25, -0.2) is 9.78 Å². The van der Waals surface area contributed by atoms with Gasteiger partial charge in [0.1, 0.15) is 5.75 Å². The van der Waals surface area contributed by atoms with E-state index in [-0.39, 0.29) is 0 Å². The van der Waals surface area contributed by atoms with Gasteiger partial charge in [-0.05, 0) is 36.8 Å². The Kier molecular flexibility index (Phi) is 5.43. The summed E-state index contributed by atoms with van der Waals surface area (Å²) < 4.78 is 11.4. The topological polar surface area (TPSA) is 90.4 Å². The number of carbonyl (C=O) groups is 2. The van der Waals surface area contributed by atoms with Crippen LogP contribution in [0.25, 0.3) is 10.2 Å². The van der Waals surface area contributed by atoms with Crippen LogP contribution in [0.15, 0.2) is 42.7 Å².